The minimum absolute atomic E-state index is 0.0212. The smallest absolute Gasteiger partial charge is 0.255 e. The van der Waals surface area contributed by atoms with Gasteiger partial charge in [0.15, 0.2) is 0 Å². The molecule has 1 saturated heterocycles. The molecule has 1 fully saturated rings. The molecule has 0 bridgehead atoms. The van der Waals surface area contributed by atoms with Crippen molar-refractivity contribution in [2.45, 2.75) is 25.8 Å². The van der Waals surface area contributed by atoms with Gasteiger partial charge in [0.25, 0.3) is 5.91 Å². The van der Waals surface area contributed by atoms with Crippen LogP contribution in [-0.2, 0) is 9.59 Å². The molecule has 2 aromatic carbocycles. The lowest BCUT2D eigenvalue weighted by Gasteiger charge is -2.32. The van der Waals surface area contributed by atoms with E-state index in [1.807, 2.05) is 31.2 Å². The van der Waals surface area contributed by atoms with Crippen molar-refractivity contribution in [2.75, 3.05) is 16.8 Å². The summed E-state index contributed by atoms with van der Waals surface area (Å²) in [7, 11) is 0. The van der Waals surface area contributed by atoms with Crippen LogP contribution in [0.3, 0.4) is 0 Å². The third-order valence-corrected chi connectivity index (χ3v) is 4.78. The standard InChI is InChI=1S/C22H23N3O4/c1-3-20(27)23-15-8-11-19(26)17(13-15)21(28)24-18-5-4-12-25(22(18)29)16-9-6-14(2)7-10-16/h3,6-11,13,18,26H,1,4-5,12H2,2H3,(H,23,27)(H,24,28). The minimum atomic E-state index is -0.691. The fourth-order valence-electron chi connectivity index (χ4n) is 3.22. The van der Waals surface area contributed by atoms with E-state index >= 15 is 0 Å². The number of piperidine rings is 1. The first-order valence-corrected chi connectivity index (χ1v) is 9.34. The van der Waals surface area contributed by atoms with Crippen LogP contribution in [0.1, 0.15) is 28.8 Å². The number of anilines is 2. The SMILES string of the molecule is C=CC(=O)Nc1ccc(O)c(C(=O)NC2CCCN(c3ccc(C)cc3)C2=O)c1. The second-order valence-corrected chi connectivity index (χ2v) is 6.92. The molecule has 29 heavy (non-hydrogen) atoms. The first kappa shape index (κ1) is 20.1. The number of hydrogen-bond donors (Lipinski definition) is 3. The molecule has 3 rings (SSSR count). The van der Waals surface area contributed by atoms with Gasteiger partial charge in [-0.3, -0.25) is 14.4 Å². The molecular weight excluding hydrogens is 370 g/mol. The number of aromatic hydroxyl groups is 1. The van der Waals surface area contributed by atoms with Gasteiger partial charge in [-0.25, -0.2) is 0 Å². The van der Waals surface area contributed by atoms with E-state index in [1.165, 1.54) is 18.2 Å². The van der Waals surface area contributed by atoms with Gasteiger partial charge in [0.1, 0.15) is 11.8 Å². The van der Waals surface area contributed by atoms with Crippen LogP contribution in [-0.4, -0.2) is 35.4 Å². The lowest BCUT2D eigenvalue weighted by molar-refractivity contribution is -0.121. The van der Waals surface area contributed by atoms with Gasteiger partial charge in [-0.05, 0) is 56.2 Å². The predicted molar refractivity (Wildman–Crippen MR) is 111 cm³/mol. The highest BCUT2D eigenvalue weighted by Gasteiger charge is 2.31. The Morgan fingerprint density at radius 1 is 1.21 bits per heavy atom. The van der Waals surface area contributed by atoms with Crippen molar-refractivity contribution >= 4 is 29.1 Å². The van der Waals surface area contributed by atoms with Gasteiger partial charge in [-0.15, -0.1) is 0 Å². The fourth-order valence-corrected chi connectivity index (χ4v) is 3.22. The zero-order chi connectivity index (χ0) is 21.0. The van der Waals surface area contributed by atoms with Crippen molar-refractivity contribution < 1.29 is 19.5 Å². The molecule has 1 heterocycles. The van der Waals surface area contributed by atoms with Gasteiger partial charge >= 0.3 is 0 Å². The first-order chi connectivity index (χ1) is 13.9. The summed E-state index contributed by atoms with van der Waals surface area (Å²) < 4.78 is 0. The molecule has 0 radical (unpaired) electrons. The highest BCUT2D eigenvalue weighted by Crippen LogP contribution is 2.24. The van der Waals surface area contributed by atoms with E-state index < -0.39 is 17.9 Å². The fraction of sp³-hybridized carbons (Fsp3) is 0.227. The lowest BCUT2D eigenvalue weighted by atomic mass is 10.0. The number of hydrogen-bond acceptors (Lipinski definition) is 4. The highest BCUT2D eigenvalue weighted by atomic mass is 16.3. The summed E-state index contributed by atoms with van der Waals surface area (Å²) in [5.41, 5.74) is 2.21. The van der Waals surface area contributed by atoms with Crippen molar-refractivity contribution in [3.8, 4) is 5.75 Å². The van der Waals surface area contributed by atoms with Crippen molar-refractivity contribution in [3.63, 3.8) is 0 Å². The molecule has 1 atom stereocenters. The molecule has 1 unspecified atom stereocenters. The maximum absolute atomic E-state index is 12.9. The Kier molecular flexibility index (Phi) is 5.97. The van der Waals surface area contributed by atoms with Crippen molar-refractivity contribution in [2.24, 2.45) is 0 Å². The van der Waals surface area contributed by atoms with Gasteiger partial charge in [0, 0.05) is 17.9 Å². The molecule has 3 amide bonds. The Balaban J connectivity index is 1.75. The number of carbonyl (C=O) groups is 3. The summed E-state index contributed by atoms with van der Waals surface area (Å²) in [5.74, 6) is -1.44. The number of aryl methyl sites for hydroxylation is 1. The Morgan fingerprint density at radius 3 is 2.62 bits per heavy atom. The summed E-state index contributed by atoms with van der Waals surface area (Å²) in [6.45, 7) is 5.93. The Labute approximate surface area is 169 Å². The quantitative estimate of drug-likeness (QED) is 0.537. The second-order valence-electron chi connectivity index (χ2n) is 6.92. The highest BCUT2D eigenvalue weighted by molar-refractivity contribution is 6.05. The molecule has 1 aliphatic rings. The van der Waals surface area contributed by atoms with E-state index in [2.05, 4.69) is 17.2 Å². The van der Waals surface area contributed by atoms with Crippen LogP contribution in [0.4, 0.5) is 11.4 Å². The Hall–Kier alpha value is -3.61. The molecule has 7 nitrogen and oxygen atoms in total. The van der Waals surface area contributed by atoms with Crippen molar-refractivity contribution in [1.29, 1.82) is 0 Å². The van der Waals surface area contributed by atoms with Gasteiger partial charge in [0.2, 0.25) is 11.8 Å². The van der Waals surface area contributed by atoms with Crippen LogP contribution in [0, 0.1) is 6.92 Å². The number of phenolic OH excluding ortho intramolecular Hbond substituents is 1. The molecular formula is C22H23N3O4. The molecule has 1 aliphatic heterocycles. The average molecular weight is 393 g/mol. The van der Waals surface area contributed by atoms with Gasteiger partial charge in [0.05, 0.1) is 5.56 Å². The molecule has 0 aliphatic carbocycles. The Bertz CT molecular complexity index is 953. The van der Waals surface area contributed by atoms with Crippen molar-refractivity contribution in [3.05, 3.63) is 66.2 Å². The van der Waals surface area contributed by atoms with Gasteiger partial charge < -0.3 is 20.6 Å². The number of benzene rings is 2. The van der Waals surface area contributed by atoms with Crippen molar-refractivity contribution in [1.82, 2.24) is 5.32 Å². The number of rotatable bonds is 5. The maximum atomic E-state index is 12.9. The van der Waals surface area contributed by atoms with Crippen LogP contribution < -0.4 is 15.5 Å². The lowest BCUT2D eigenvalue weighted by Crippen LogP contribution is -2.52. The van der Waals surface area contributed by atoms with E-state index in [4.69, 9.17) is 0 Å². The molecule has 7 heteroatoms. The molecule has 0 aromatic heterocycles. The molecule has 0 saturated carbocycles. The molecule has 2 aromatic rings. The van der Waals surface area contributed by atoms with Crippen LogP contribution in [0.2, 0.25) is 0 Å². The van der Waals surface area contributed by atoms with Gasteiger partial charge in [-0.2, -0.15) is 0 Å². The normalized spacial score (nSPS) is 16.2. The second kappa shape index (κ2) is 8.60. The van der Waals surface area contributed by atoms with Crippen LogP contribution >= 0.6 is 0 Å². The van der Waals surface area contributed by atoms with Crippen LogP contribution in [0.5, 0.6) is 5.75 Å². The summed E-state index contributed by atoms with van der Waals surface area (Å²) in [5, 5.41) is 15.3. The zero-order valence-electron chi connectivity index (χ0n) is 16.1. The number of nitrogens with one attached hydrogen (secondary N) is 2. The average Bonchev–Trinajstić information content (AvgIpc) is 2.71. The predicted octanol–water partition coefficient (Wildman–Crippen LogP) is 2.75. The van der Waals surface area contributed by atoms with Crippen LogP contribution in [0.15, 0.2) is 55.1 Å². The topological polar surface area (TPSA) is 98.7 Å². The van der Waals surface area contributed by atoms with E-state index in [-0.39, 0.29) is 17.2 Å². The van der Waals surface area contributed by atoms with E-state index in [9.17, 15) is 19.5 Å². The molecule has 0 spiro atoms. The summed E-state index contributed by atoms with van der Waals surface area (Å²) in [6.07, 6.45) is 2.36. The number of phenols is 1. The molecule has 150 valence electrons. The monoisotopic (exact) mass is 393 g/mol. The van der Waals surface area contributed by atoms with Crippen LogP contribution in [0.25, 0.3) is 0 Å². The van der Waals surface area contributed by atoms with E-state index in [0.717, 1.165) is 23.7 Å². The molecule has 3 N–H and O–H groups in total. The number of nitrogens with zero attached hydrogens (tertiary/aromatic N) is 1. The third kappa shape index (κ3) is 4.63. The van der Waals surface area contributed by atoms with Gasteiger partial charge in [-0.1, -0.05) is 24.3 Å². The number of amides is 3. The first-order valence-electron chi connectivity index (χ1n) is 9.34. The Morgan fingerprint density at radius 2 is 1.93 bits per heavy atom. The zero-order valence-corrected chi connectivity index (χ0v) is 16.1. The van der Waals surface area contributed by atoms with E-state index in [1.54, 1.807) is 4.90 Å². The van der Waals surface area contributed by atoms with E-state index in [0.29, 0.717) is 18.7 Å². The summed E-state index contributed by atoms with van der Waals surface area (Å²) >= 11 is 0. The number of carbonyl (C=O) groups excluding carboxylic acids is 3. The largest absolute Gasteiger partial charge is 0.507 e. The summed E-state index contributed by atoms with van der Waals surface area (Å²) in [4.78, 5) is 38.7. The summed E-state index contributed by atoms with van der Waals surface area (Å²) in [6, 6.07) is 11.1. The maximum Gasteiger partial charge on any atom is 0.255 e. The minimum Gasteiger partial charge on any atom is -0.507 e. The third-order valence-electron chi connectivity index (χ3n) is 4.78.